The molecule has 0 spiro atoms. The van der Waals surface area contributed by atoms with E-state index in [0.29, 0.717) is 24.4 Å². The molecule has 2 aromatic rings. The van der Waals surface area contributed by atoms with Crippen molar-refractivity contribution in [1.29, 1.82) is 0 Å². The highest BCUT2D eigenvalue weighted by Gasteiger charge is 2.08. The zero-order chi connectivity index (χ0) is 12.1. The summed E-state index contributed by atoms with van der Waals surface area (Å²) >= 11 is 0. The fraction of sp³-hybridized carbons (Fsp3) is 0.385. The van der Waals surface area contributed by atoms with Crippen molar-refractivity contribution in [2.24, 2.45) is 0 Å². The molecular weight excluding hydrogens is 214 g/mol. The van der Waals surface area contributed by atoms with Crippen molar-refractivity contribution in [3.8, 4) is 11.5 Å². The molecular formula is C13H17N3O. The number of rotatable bonds is 5. The minimum Gasteiger partial charge on any atom is -0.419 e. The summed E-state index contributed by atoms with van der Waals surface area (Å²) in [7, 11) is 0. The van der Waals surface area contributed by atoms with E-state index in [4.69, 9.17) is 4.42 Å². The molecule has 0 radical (unpaired) electrons. The number of hydrogen-bond acceptors (Lipinski definition) is 4. The van der Waals surface area contributed by atoms with Crippen molar-refractivity contribution in [3.05, 3.63) is 36.2 Å². The lowest BCUT2D eigenvalue weighted by Gasteiger charge is -2.07. The minimum absolute atomic E-state index is 0.460. The molecule has 4 nitrogen and oxygen atoms in total. The molecule has 1 atom stereocenters. The summed E-state index contributed by atoms with van der Waals surface area (Å²) in [6.07, 6.45) is 1.08. The third kappa shape index (κ3) is 3.14. The maximum Gasteiger partial charge on any atom is 0.247 e. The lowest BCUT2D eigenvalue weighted by Crippen LogP contribution is -2.24. The van der Waals surface area contributed by atoms with Crippen LogP contribution < -0.4 is 5.32 Å². The fourth-order valence-corrected chi connectivity index (χ4v) is 1.43. The average molecular weight is 231 g/mol. The van der Waals surface area contributed by atoms with Gasteiger partial charge in [0.25, 0.3) is 0 Å². The fourth-order valence-electron chi connectivity index (χ4n) is 1.43. The summed E-state index contributed by atoms with van der Waals surface area (Å²) in [5, 5.41) is 11.4. The van der Waals surface area contributed by atoms with E-state index in [1.54, 1.807) is 0 Å². The van der Waals surface area contributed by atoms with Crippen molar-refractivity contribution in [2.45, 2.75) is 32.9 Å². The first-order chi connectivity index (χ1) is 8.29. The van der Waals surface area contributed by atoms with Crippen LogP contribution in [0.4, 0.5) is 0 Å². The van der Waals surface area contributed by atoms with Crippen LogP contribution in [-0.2, 0) is 6.54 Å². The Morgan fingerprint density at radius 3 is 2.71 bits per heavy atom. The van der Waals surface area contributed by atoms with Gasteiger partial charge in [-0.05, 0) is 25.5 Å². The van der Waals surface area contributed by atoms with Gasteiger partial charge in [0, 0.05) is 11.6 Å². The van der Waals surface area contributed by atoms with Gasteiger partial charge in [-0.2, -0.15) is 0 Å². The average Bonchev–Trinajstić information content (AvgIpc) is 2.86. The van der Waals surface area contributed by atoms with Crippen LogP contribution >= 0.6 is 0 Å². The normalized spacial score (nSPS) is 12.6. The van der Waals surface area contributed by atoms with E-state index in [1.165, 1.54) is 0 Å². The topological polar surface area (TPSA) is 51.0 Å². The molecule has 90 valence electrons. The van der Waals surface area contributed by atoms with Gasteiger partial charge in [0.15, 0.2) is 0 Å². The molecule has 1 N–H and O–H groups in total. The number of nitrogens with zero attached hydrogens (tertiary/aromatic N) is 2. The Hall–Kier alpha value is -1.68. The summed E-state index contributed by atoms with van der Waals surface area (Å²) in [4.78, 5) is 0. The lowest BCUT2D eigenvalue weighted by molar-refractivity contribution is 0.444. The van der Waals surface area contributed by atoms with Gasteiger partial charge in [-0.25, -0.2) is 0 Å². The summed E-state index contributed by atoms with van der Waals surface area (Å²) in [5.74, 6) is 1.20. The number of nitrogens with one attached hydrogen (secondary N) is 1. The molecule has 2 rings (SSSR count). The van der Waals surface area contributed by atoms with Gasteiger partial charge < -0.3 is 9.73 Å². The van der Waals surface area contributed by atoms with E-state index >= 15 is 0 Å². The van der Waals surface area contributed by atoms with Crippen molar-refractivity contribution in [3.63, 3.8) is 0 Å². The second-order valence-electron chi connectivity index (χ2n) is 4.06. The molecule has 0 unspecified atom stereocenters. The molecule has 0 saturated heterocycles. The van der Waals surface area contributed by atoms with Crippen LogP contribution in [0.5, 0.6) is 0 Å². The predicted octanol–water partition coefficient (Wildman–Crippen LogP) is 2.62. The lowest BCUT2D eigenvalue weighted by atomic mass is 10.2. The van der Waals surface area contributed by atoms with Gasteiger partial charge in [-0.1, -0.05) is 25.1 Å². The van der Waals surface area contributed by atoms with E-state index in [1.807, 2.05) is 30.3 Å². The van der Waals surface area contributed by atoms with Crippen LogP contribution in [0.25, 0.3) is 11.5 Å². The van der Waals surface area contributed by atoms with Gasteiger partial charge in [0.05, 0.1) is 6.54 Å². The van der Waals surface area contributed by atoms with Gasteiger partial charge in [-0.3, -0.25) is 0 Å². The molecule has 4 heteroatoms. The number of benzene rings is 1. The maximum absolute atomic E-state index is 5.58. The van der Waals surface area contributed by atoms with E-state index in [2.05, 4.69) is 29.4 Å². The Labute approximate surface area is 101 Å². The van der Waals surface area contributed by atoms with Crippen LogP contribution in [0.1, 0.15) is 26.2 Å². The summed E-state index contributed by atoms with van der Waals surface area (Å²) in [5.41, 5.74) is 0.954. The molecule has 0 fully saturated rings. The van der Waals surface area contributed by atoms with Gasteiger partial charge in [0.2, 0.25) is 11.8 Å². The molecule has 1 aromatic carbocycles. The zero-order valence-electron chi connectivity index (χ0n) is 10.2. The highest BCUT2D eigenvalue weighted by Crippen LogP contribution is 2.16. The molecule has 0 saturated carbocycles. The van der Waals surface area contributed by atoms with Crippen LogP contribution in [0, 0.1) is 0 Å². The van der Waals surface area contributed by atoms with Gasteiger partial charge in [0.1, 0.15) is 0 Å². The Kier molecular flexibility index (Phi) is 3.88. The first-order valence-electron chi connectivity index (χ1n) is 5.90. The Balaban J connectivity index is 2.01. The molecule has 1 heterocycles. The van der Waals surface area contributed by atoms with E-state index in [-0.39, 0.29) is 0 Å². The molecule has 0 aliphatic heterocycles. The Morgan fingerprint density at radius 1 is 1.24 bits per heavy atom. The smallest absolute Gasteiger partial charge is 0.247 e. The maximum atomic E-state index is 5.58. The molecule has 1 aromatic heterocycles. The Morgan fingerprint density at radius 2 is 2.00 bits per heavy atom. The van der Waals surface area contributed by atoms with Crippen LogP contribution in [0.15, 0.2) is 34.7 Å². The second kappa shape index (κ2) is 5.59. The summed E-state index contributed by atoms with van der Waals surface area (Å²) < 4.78 is 5.58. The summed E-state index contributed by atoms with van der Waals surface area (Å²) in [6, 6.07) is 10.2. The monoisotopic (exact) mass is 231 g/mol. The predicted molar refractivity (Wildman–Crippen MR) is 66.3 cm³/mol. The quantitative estimate of drug-likeness (QED) is 0.859. The van der Waals surface area contributed by atoms with Crippen molar-refractivity contribution < 1.29 is 4.42 Å². The van der Waals surface area contributed by atoms with E-state index in [9.17, 15) is 0 Å². The molecule has 0 aliphatic carbocycles. The highest BCUT2D eigenvalue weighted by atomic mass is 16.4. The first-order valence-corrected chi connectivity index (χ1v) is 5.90. The number of aromatic nitrogens is 2. The van der Waals surface area contributed by atoms with E-state index in [0.717, 1.165) is 12.0 Å². The first kappa shape index (κ1) is 11.8. The van der Waals surface area contributed by atoms with Crippen molar-refractivity contribution in [1.82, 2.24) is 15.5 Å². The van der Waals surface area contributed by atoms with Crippen LogP contribution in [0.2, 0.25) is 0 Å². The zero-order valence-corrected chi connectivity index (χ0v) is 10.2. The van der Waals surface area contributed by atoms with Gasteiger partial charge in [-0.15, -0.1) is 10.2 Å². The van der Waals surface area contributed by atoms with Gasteiger partial charge >= 0.3 is 0 Å². The molecule has 17 heavy (non-hydrogen) atoms. The van der Waals surface area contributed by atoms with Crippen molar-refractivity contribution in [2.75, 3.05) is 0 Å². The minimum atomic E-state index is 0.460. The van der Waals surface area contributed by atoms with Crippen molar-refractivity contribution >= 4 is 0 Å². The molecule has 0 bridgehead atoms. The summed E-state index contributed by atoms with van der Waals surface area (Å²) in [6.45, 7) is 4.89. The molecule has 0 amide bonds. The molecule has 0 aliphatic rings. The van der Waals surface area contributed by atoms with E-state index < -0.39 is 0 Å². The Bertz CT molecular complexity index is 453. The van der Waals surface area contributed by atoms with Crippen LogP contribution in [-0.4, -0.2) is 16.2 Å². The highest BCUT2D eigenvalue weighted by molar-refractivity contribution is 5.51. The third-order valence-corrected chi connectivity index (χ3v) is 2.70. The third-order valence-electron chi connectivity index (χ3n) is 2.70. The van der Waals surface area contributed by atoms with Crippen LogP contribution in [0.3, 0.4) is 0 Å². The second-order valence-corrected chi connectivity index (χ2v) is 4.06. The largest absolute Gasteiger partial charge is 0.419 e. The SMILES string of the molecule is CC[C@@H](C)NCc1nnc(-c2ccccc2)o1. The number of hydrogen-bond donors (Lipinski definition) is 1. The standard InChI is InChI=1S/C13H17N3O/c1-3-10(2)14-9-12-15-16-13(17-12)11-7-5-4-6-8-11/h4-8,10,14H,3,9H2,1-2H3/t10-/m1/s1.